The second-order valence-electron chi connectivity index (χ2n) is 6.22. The van der Waals surface area contributed by atoms with Crippen LogP contribution in [0.2, 0.25) is 0 Å². The van der Waals surface area contributed by atoms with E-state index in [1.54, 1.807) is 52.3 Å². The fourth-order valence-electron chi connectivity index (χ4n) is 3.25. The molecule has 1 saturated heterocycles. The molecule has 27 heavy (non-hydrogen) atoms. The van der Waals surface area contributed by atoms with Gasteiger partial charge in [-0.3, -0.25) is 4.79 Å². The second-order valence-corrected chi connectivity index (χ2v) is 6.22. The number of rotatable bonds is 4. The number of fused-ring (bicyclic) bond motifs is 1. The first-order chi connectivity index (χ1) is 13.3. The minimum absolute atomic E-state index is 0.156. The van der Waals surface area contributed by atoms with Crippen LogP contribution in [0.25, 0.3) is 11.3 Å². The van der Waals surface area contributed by atoms with Crippen molar-refractivity contribution in [2.75, 3.05) is 18.5 Å². The quantitative estimate of drug-likeness (QED) is 0.563. The lowest BCUT2D eigenvalue weighted by Gasteiger charge is -2.21. The number of nitrogens with zero attached hydrogens (tertiary/aromatic N) is 7. The monoisotopic (exact) mass is 364 g/mol. The van der Waals surface area contributed by atoms with E-state index in [1.165, 1.54) is 10.7 Å². The molecular formula is C17H16N8O2. The van der Waals surface area contributed by atoms with E-state index >= 15 is 0 Å². The Balaban J connectivity index is 1.49. The summed E-state index contributed by atoms with van der Waals surface area (Å²) >= 11 is 0. The summed E-state index contributed by atoms with van der Waals surface area (Å²) in [5.74, 6) is 1.26. The Morgan fingerprint density at radius 2 is 2.04 bits per heavy atom. The summed E-state index contributed by atoms with van der Waals surface area (Å²) in [4.78, 5) is 16.9. The van der Waals surface area contributed by atoms with Crippen molar-refractivity contribution in [1.29, 1.82) is 0 Å². The van der Waals surface area contributed by atoms with E-state index in [0.717, 1.165) is 5.52 Å². The summed E-state index contributed by atoms with van der Waals surface area (Å²) in [6.45, 7) is 0.831. The van der Waals surface area contributed by atoms with Gasteiger partial charge in [0.2, 0.25) is 0 Å². The molecule has 1 aliphatic heterocycles. The number of nitrogens with one attached hydrogen (secondary N) is 1. The molecule has 1 aliphatic rings. The predicted molar refractivity (Wildman–Crippen MR) is 95.9 cm³/mol. The highest BCUT2D eigenvalue weighted by molar-refractivity contribution is 5.67. The lowest BCUT2D eigenvalue weighted by atomic mass is 10.1. The zero-order chi connectivity index (χ0) is 18.2. The first kappa shape index (κ1) is 15.7. The molecule has 0 aliphatic carbocycles. The molecule has 0 spiro atoms. The second kappa shape index (κ2) is 6.32. The molecule has 0 bridgehead atoms. The maximum atomic E-state index is 12.5. The minimum Gasteiger partial charge on any atom is -0.377 e. The zero-order valence-corrected chi connectivity index (χ0v) is 14.2. The highest BCUT2D eigenvalue weighted by Gasteiger charge is 2.32. The summed E-state index contributed by atoms with van der Waals surface area (Å²) in [5, 5.41) is 16.3. The van der Waals surface area contributed by atoms with Crippen molar-refractivity contribution in [2.24, 2.45) is 0 Å². The van der Waals surface area contributed by atoms with Crippen molar-refractivity contribution in [3.63, 3.8) is 0 Å². The average molecular weight is 364 g/mol. The molecule has 1 fully saturated rings. The van der Waals surface area contributed by atoms with Crippen molar-refractivity contribution in [2.45, 2.75) is 12.1 Å². The van der Waals surface area contributed by atoms with Gasteiger partial charge in [0.15, 0.2) is 11.6 Å². The van der Waals surface area contributed by atoms with Gasteiger partial charge in [0.25, 0.3) is 5.56 Å². The molecule has 0 amide bonds. The van der Waals surface area contributed by atoms with E-state index in [0.29, 0.717) is 24.8 Å². The van der Waals surface area contributed by atoms with Gasteiger partial charge in [0.05, 0.1) is 25.5 Å². The van der Waals surface area contributed by atoms with Gasteiger partial charge >= 0.3 is 0 Å². The Bertz CT molecular complexity index is 1130. The van der Waals surface area contributed by atoms with Crippen LogP contribution in [0, 0.1) is 0 Å². The highest BCUT2D eigenvalue weighted by Crippen LogP contribution is 2.23. The van der Waals surface area contributed by atoms with E-state index in [4.69, 9.17) is 4.74 Å². The standard InChI is InChI=1S/C17H16N8O2/c26-16-3-2-15(24-8-1-5-19-24)22-25(16)14-11-27-10-12(14)21-17-13-4-6-20-23(13)9-7-18-17/h1-9,12,14H,10-11H2,(H,18,21). The summed E-state index contributed by atoms with van der Waals surface area (Å²) < 4.78 is 10.5. The van der Waals surface area contributed by atoms with Gasteiger partial charge in [-0.2, -0.15) is 10.2 Å². The van der Waals surface area contributed by atoms with Gasteiger partial charge in [0.1, 0.15) is 11.6 Å². The van der Waals surface area contributed by atoms with E-state index in [-0.39, 0.29) is 17.6 Å². The molecule has 10 nitrogen and oxygen atoms in total. The third-order valence-corrected chi connectivity index (χ3v) is 4.56. The van der Waals surface area contributed by atoms with E-state index < -0.39 is 0 Å². The lowest BCUT2D eigenvalue weighted by molar-refractivity contribution is 0.182. The topological polar surface area (TPSA) is 104 Å². The molecule has 5 rings (SSSR count). The molecule has 0 aromatic carbocycles. The van der Waals surface area contributed by atoms with Crippen LogP contribution in [0.5, 0.6) is 0 Å². The number of aromatic nitrogens is 7. The number of anilines is 1. The molecule has 4 aromatic heterocycles. The highest BCUT2D eigenvalue weighted by atomic mass is 16.5. The summed E-state index contributed by atoms with van der Waals surface area (Å²) in [5.41, 5.74) is 0.664. The van der Waals surface area contributed by atoms with Crippen molar-refractivity contribution < 1.29 is 4.74 Å². The van der Waals surface area contributed by atoms with Crippen molar-refractivity contribution in [1.82, 2.24) is 34.2 Å². The largest absolute Gasteiger partial charge is 0.377 e. The fraction of sp³-hybridized carbons (Fsp3) is 0.235. The molecular weight excluding hydrogens is 348 g/mol. The molecule has 1 N–H and O–H groups in total. The van der Waals surface area contributed by atoms with Crippen LogP contribution < -0.4 is 10.9 Å². The minimum atomic E-state index is -0.266. The molecule has 4 aromatic rings. The van der Waals surface area contributed by atoms with Gasteiger partial charge in [-0.05, 0) is 18.2 Å². The number of ether oxygens (including phenoxy) is 1. The Hall–Kier alpha value is -3.53. The van der Waals surface area contributed by atoms with Gasteiger partial charge in [-0.25, -0.2) is 18.9 Å². The number of hydrogen-bond acceptors (Lipinski definition) is 7. The maximum Gasteiger partial charge on any atom is 0.267 e. The Kier molecular flexibility index (Phi) is 3.68. The van der Waals surface area contributed by atoms with Crippen LogP contribution in [-0.4, -0.2) is 53.4 Å². The molecule has 0 radical (unpaired) electrons. The van der Waals surface area contributed by atoms with Gasteiger partial charge in [-0.1, -0.05) is 0 Å². The first-order valence-electron chi connectivity index (χ1n) is 8.52. The van der Waals surface area contributed by atoms with Crippen molar-refractivity contribution >= 4 is 11.3 Å². The van der Waals surface area contributed by atoms with Gasteiger partial charge in [-0.15, -0.1) is 5.10 Å². The normalized spacial score (nSPS) is 19.6. The average Bonchev–Trinajstić information content (AvgIpc) is 3.44. The Morgan fingerprint density at radius 1 is 1.07 bits per heavy atom. The van der Waals surface area contributed by atoms with Crippen LogP contribution >= 0.6 is 0 Å². The van der Waals surface area contributed by atoms with Crippen LogP contribution in [0.4, 0.5) is 5.82 Å². The summed E-state index contributed by atoms with van der Waals surface area (Å²) in [6.07, 6.45) is 8.61. The molecule has 2 atom stereocenters. The Morgan fingerprint density at radius 3 is 2.93 bits per heavy atom. The smallest absolute Gasteiger partial charge is 0.267 e. The lowest BCUT2D eigenvalue weighted by Crippen LogP contribution is -2.37. The fourth-order valence-corrected chi connectivity index (χ4v) is 3.25. The summed E-state index contributed by atoms with van der Waals surface area (Å²) in [7, 11) is 0. The van der Waals surface area contributed by atoms with Crippen LogP contribution in [0.3, 0.4) is 0 Å². The first-order valence-corrected chi connectivity index (χ1v) is 8.52. The molecule has 5 heterocycles. The van der Waals surface area contributed by atoms with Crippen molar-refractivity contribution in [3.05, 3.63) is 65.6 Å². The molecule has 10 heteroatoms. The van der Waals surface area contributed by atoms with Crippen LogP contribution in [-0.2, 0) is 4.74 Å². The third-order valence-electron chi connectivity index (χ3n) is 4.56. The predicted octanol–water partition coefficient (Wildman–Crippen LogP) is 0.524. The van der Waals surface area contributed by atoms with E-state index in [2.05, 4.69) is 25.6 Å². The van der Waals surface area contributed by atoms with E-state index in [1.807, 2.05) is 6.07 Å². The van der Waals surface area contributed by atoms with Gasteiger partial charge in [0, 0.05) is 30.9 Å². The zero-order valence-electron chi connectivity index (χ0n) is 14.2. The van der Waals surface area contributed by atoms with Crippen LogP contribution in [0.15, 0.2) is 60.0 Å². The molecule has 2 unspecified atom stereocenters. The van der Waals surface area contributed by atoms with E-state index in [9.17, 15) is 4.79 Å². The van der Waals surface area contributed by atoms with Crippen LogP contribution in [0.1, 0.15) is 6.04 Å². The SMILES string of the molecule is O=c1ccc(-n2cccn2)nn1C1COCC1Nc1nccn2nccc12. The van der Waals surface area contributed by atoms with Crippen molar-refractivity contribution in [3.8, 4) is 5.82 Å². The Labute approximate surface area is 153 Å². The summed E-state index contributed by atoms with van der Waals surface area (Å²) in [6, 6.07) is 6.41. The number of hydrogen-bond donors (Lipinski definition) is 1. The third kappa shape index (κ3) is 2.75. The maximum absolute atomic E-state index is 12.5. The van der Waals surface area contributed by atoms with Gasteiger partial charge < -0.3 is 10.1 Å². The molecule has 136 valence electrons. The molecule has 0 saturated carbocycles.